The largest absolute Gasteiger partial charge is 0.481 e. The number of carbonyl (C=O) groups is 2. The zero-order chi connectivity index (χ0) is 15.6. The summed E-state index contributed by atoms with van der Waals surface area (Å²) in [6.45, 7) is 1.43. The summed E-state index contributed by atoms with van der Waals surface area (Å²) in [7, 11) is -1.35. The van der Waals surface area contributed by atoms with Crippen molar-refractivity contribution in [2.75, 3.05) is 38.2 Å². The number of carbonyl (C=O) groups excluding carboxylic acids is 1. The first kappa shape index (κ1) is 16.2. The van der Waals surface area contributed by atoms with Gasteiger partial charge in [0, 0.05) is 13.1 Å². The van der Waals surface area contributed by atoms with E-state index in [9.17, 15) is 18.0 Å². The van der Waals surface area contributed by atoms with E-state index in [-0.39, 0.29) is 35.9 Å². The molecule has 1 amide bonds. The van der Waals surface area contributed by atoms with Gasteiger partial charge in [-0.2, -0.15) is 0 Å². The summed E-state index contributed by atoms with van der Waals surface area (Å²) in [5.74, 6) is -0.968. The Kier molecular flexibility index (Phi) is 4.88. The van der Waals surface area contributed by atoms with Gasteiger partial charge < -0.3 is 10.0 Å². The van der Waals surface area contributed by atoms with Crippen molar-refractivity contribution in [3.63, 3.8) is 0 Å². The van der Waals surface area contributed by atoms with Crippen molar-refractivity contribution < 1.29 is 23.1 Å². The second-order valence-corrected chi connectivity index (χ2v) is 8.18. The molecule has 0 radical (unpaired) electrons. The Morgan fingerprint density at radius 1 is 1.24 bits per heavy atom. The SMILES string of the molecule is CN(C(=O)CN1CCC(C(=O)O)CC1)C1CCS(=O)(=O)C1. The van der Waals surface area contributed by atoms with Crippen LogP contribution in [-0.2, 0) is 19.4 Å². The topological polar surface area (TPSA) is 95.0 Å². The first-order chi connectivity index (χ1) is 9.78. The average Bonchev–Trinajstić information content (AvgIpc) is 2.78. The number of hydrogen-bond acceptors (Lipinski definition) is 5. The maximum Gasteiger partial charge on any atom is 0.306 e. The second kappa shape index (κ2) is 6.31. The van der Waals surface area contributed by atoms with Crippen LogP contribution in [-0.4, -0.2) is 79.4 Å². The molecule has 2 heterocycles. The Labute approximate surface area is 124 Å². The van der Waals surface area contributed by atoms with Crippen molar-refractivity contribution in [2.24, 2.45) is 5.92 Å². The van der Waals surface area contributed by atoms with Gasteiger partial charge in [-0.15, -0.1) is 0 Å². The van der Waals surface area contributed by atoms with E-state index in [1.54, 1.807) is 7.05 Å². The summed E-state index contributed by atoms with van der Waals surface area (Å²) >= 11 is 0. The predicted octanol–water partition coefficient (Wildman–Crippen LogP) is -0.571. The van der Waals surface area contributed by atoms with Gasteiger partial charge in [-0.05, 0) is 32.4 Å². The number of likely N-dealkylation sites (tertiary alicyclic amines) is 1. The number of hydrogen-bond donors (Lipinski definition) is 1. The summed E-state index contributed by atoms with van der Waals surface area (Å²) < 4.78 is 22.9. The fraction of sp³-hybridized carbons (Fsp3) is 0.846. The van der Waals surface area contributed by atoms with E-state index in [4.69, 9.17) is 5.11 Å². The van der Waals surface area contributed by atoms with Gasteiger partial charge in [0.1, 0.15) is 0 Å². The molecule has 0 aromatic rings. The van der Waals surface area contributed by atoms with Crippen LogP contribution in [0.1, 0.15) is 19.3 Å². The zero-order valence-corrected chi connectivity index (χ0v) is 13.0. The van der Waals surface area contributed by atoms with Gasteiger partial charge in [-0.25, -0.2) is 8.42 Å². The molecule has 7 nitrogen and oxygen atoms in total. The minimum Gasteiger partial charge on any atom is -0.481 e. The molecule has 2 fully saturated rings. The van der Waals surface area contributed by atoms with Gasteiger partial charge in [0.25, 0.3) is 0 Å². The number of carboxylic acid groups (broad SMARTS) is 1. The number of carboxylic acids is 1. The highest BCUT2D eigenvalue weighted by atomic mass is 32.2. The number of aliphatic carboxylic acids is 1. The Morgan fingerprint density at radius 3 is 2.33 bits per heavy atom. The van der Waals surface area contributed by atoms with E-state index in [1.165, 1.54) is 4.90 Å². The van der Waals surface area contributed by atoms with Gasteiger partial charge in [-0.3, -0.25) is 14.5 Å². The number of piperidine rings is 1. The van der Waals surface area contributed by atoms with E-state index in [0.717, 1.165) is 0 Å². The smallest absolute Gasteiger partial charge is 0.306 e. The van der Waals surface area contributed by atoms with Gasteiger partial charge in [-0.1, -0.05) is 0 Å². The summed E-state index contributed by atoms with van der Waals surface area (Å²) in [5, 5.41) is 8.94. The monoisotopic (exact) mass is 318 g/mol. The fourth-order valence-electron chi connectivity index (χ4n) is 2.93. The molecule has 21 heavy (non-hydrogen) atoms. The quantitative estimate of drug-likeness (QED) is 0.746. The number of sulfone groups is 1. The van der Waals surface area contributed by atoms with Gasteiger partial charge >= 0.3 is 5.97 Å². The summed E-state index contributed by atoms with van der Waals surface area (Å²) in [6, 6.07) is -0.223. The highest BCUT2D eigenvalue weighted by molar-refractivity contribution is 7.91. The van der Waals surface area contributed by atoms with Crippen LogP contribution in [0.4, 0.5) is 0 Å². The molecule has 0 bridgehead atoms. The minimum atomic E-state index is -3.00. The number of nitrogens with zero attached hydrogens (tertiary/aromatic N) is 2. The van der Waals surface area contributed by atoms with Crippen LogP contribution in [0.25, 0.3) is 0 Å². The molecule has 2 saturated heterocycles. The Bertz CT molecular complexity index is 511. The van der Waals surface area contributed by atoms with Crippen molar-refractivity contribution in [3.8, 4) is 0 Å². The maximum absolute atomic E-state index is 12.2. The third-order valence-corrected chi connectivity index (χ3v) is 6.20. The zero-order valence-electron chi connectivity index (χ0n) is 12.2. The van der Waals surface area contributed by atoms with E-state index >= 15 is 0 Å². The lowest BCUT2D eigenvalue weighted by molar-refractivity contribution is -0.143. The van der Waals surface area contributed by atoms with Crippen LogP contribution in [0.15, 0.2) is 0 Å². The predicted molar refractivity (Wildman–Crippen MR) is 76.6 cm³/mol. The summed E-state index contributed by atoms with van der Waals surface area (Å²) in [6.07, 6.45) is 1.62. The molecule has 120 valence electrons. The number of amides is 1. The van der Waals surface area contributed by atoms with Crippen LogP contribution in [0.3, 0.4) is 0 Å². The first-order valence-electron chi connectivity index (χ1n) is 7.20. The molecule has 2 rings (SSSR count). The normalized spacial score (nSPS) is 26.6. The van der Waals surface area contributed by atoms with Gasteiger partial charge in [0.2, 0.25) is 5.91 Å². The molecular weight excluding hydrogens is 296 g/mol. The summed E-state index contributed by atoms with van der Waals surface area (Å²) in [4.78, 5) is 26.6. The molecule has 0 aromatic carbocycles. The fourth-order valence-corrected chi connectivity index (χ4v) is 4.70. The maximum atomic E-state index is 12.2. The van der Waals surface area contributed by atoms with Gasteiger partial charge in [0.15, 0.2) is 9.84 Å². The lowest BCUT2D eigenvalue weighted by Gasteiger charge is -2.32. The van der Waals surface area contributed by atoms with Gasteiger partial charge in [0.05, 0.1) is 24.0 Å². The van der Waals surface area contributed by atoms with E-state index in [2.05, 4.69) is 0 Å². The molecule has 2 aliphatic heterocycles. The Morgan fingerprint density at radius 2 is 1.86 bits per heavy atom. The third kappa shape index (κ3) is 4.16. The van der Waals surface area contributed by atoms with Crippen LogP contribution in [0, 0.1) is 5.92 Å². The lowest BCUT2D eigenvalue weighted by Crippen LogP contribution is -2.46. The molecule has 1 N–H and O–H groups in total. The Balaban J connectivity index is 1.81. The van der Waals surface area contributed by atoms with Crippen molar-refractivity contribution >= 4 is 21.7 Å². The highest BCUT2D eigenvalue weighted by Gasteiger charge is 2.33. The van der Waals surface area contributed by atoms with Crippen LogP contribution in [0.5, 0.6) is 0 Å². The van der Waals surface area contributed by atoms with Crippen molar-refractivity contribution in [3.05, 3.63) is 0 Å². The van der Waals surface area contributed by atoms with Crippen molar-refractivity contribution in [2.45, 2.75) is 25.3 Å². The third-order valence-electron chi connectivity index (χ3n) is 4.45. The summed E-state index contributed by atoms with van der Waals surface area (Å²) in [5.41, 5.74) is 0. The molecule has 2 aliphatic rings. The molecule has 1 atom stereocenters. The van der Waals surface area contributed by atoms with Crippen molar-refractivity contribution in [1.82, 2.24) is 9.80 Å². The second-order valence-electron chi connectivity index (χ2n) is 5.95. The van der Waals surface area contributed by atoms with E-state index in [0.29, 0.717) is 32.4 Å². The van der Waals surface area contributed by atoms with E-state index < -0.39 is 15.8 Å². The van der Waals surface area contributed by atoms with Crippen LogP contribution >= 0.6 is 0 Å². The molecule has 1 unspecified atom stereocenters. The molecule has 0 saturated carbocycles. The molecule has 0 aromatic heterocycles. The average molecular weight is 318 g/mol. The van der Waals surface area contributed by atoms with Crippen molar-refractivity contribution in [1.29, 1.82) is 0 Å². The van der Waals surface area contributed by atoms with Crippen LogP contribution < -0.4 is 0 Å². The standard InChI is InChI=1S/C13H22N2O5S/c1-14(11-4-7-21(19,20)9-11)12(16)8-15-5-2-10(3-6-15)13(17)18/h10-11H,2-9H2,1H3,(H,17,18). The molecule has 8 heteroatoms. The minimum absolute atomic E-state index is 0.0519. The van der Waals surface area contributed by atoms with E-state index in [1.807, 2.05) is 4.90 Å². The molecule has 0 spiro atoms. The number of rotatable bonds is 4. The molecule has 0 aliphatic carbocycles. The van der Waals surface area contributed by atoms with Crippen LogP contribution in [0.2, 0.25) is 0 Å². The lowest BCUT2D eigenvalue weighted by atomic mass is 9.97. The highest BCUT2D eigenvalue weighted by Crippen LogP contribution is 2.19. The molecular formula is C13H22N2O5S. The number of likely N-dealkylation sites (N-methyl/N-ethyl adjacent to an activating group) is 1. The first-order valence-corrected chi connectivity index (χ1v) is 9.02. The Hall–Kier alpha value is -1.15.